The predicted molar refractivity (Wildman–Crippen MR) is 101 cm³/mol. The highest BCUT2D eigenvalue weighted by Crippen LogP contribution is 2.21. The Balaban J connectivity index is 1.45. The van der Waals surface area contributed by atoms with Crippen molar-refractivity contribution in [3.05, 3.63) is 88.9 Å². The molecule has 134 valence electrons. The molecule has 1 aromatic carbocycles. The van der Waals surface area contributed by atoms with Gasteiger partial charge in [0, 0.05) is 29.9 Å². The van der Waals surface area contributed by atoms with E-state index in [0.29, 0.717) is 18.6 Å². The van der Waals surface area contributed by atoms with Crippen molar-refractivity contribution in [1.29, 1.82) is 0 Å². The number of fused-ring (bicyclic) bond motifs is 2. The van der Waals surface area contributed by atoms with Crippen molar-refractivity contribution >= 4 is 16.6 Å². The van der Waals surface area contributed by atoms with Gasteiger partial charge in [-0.05, 0) is 24.3 Å². The highest BCUT2D eigenvalue weighted by atomic mass is 16.5. The fourth-order valence-corrected chi connectivity index (χ4v) is 3.32. The maximum Gasteiger partial charge on any atom is 0.350 e. The van der Waals surface area contributed by atoms with E-state index in [0.717, 1.165) is 22.2 Å². The zero-order valence-corrected chi connectivity index (χ0v) is 14.4. The number of rotatable bonds is 4. The fourth-order valence-electron chi connectivity index (χ4n) is 3.32. The van der Waals surface area contributed by atoms with E-state index >= 15 is 0 Å². The molecule has 1 unspecified atom stereocenters. The lowest BCUT2D eigenvalue weighted by Crippen LogP contribution is -2.22. The molecule has 0 bridgehead atoms. The molecule has 1 aliphatic rings. The summed E-state index contributed by atoms with van der Waals surface area (Å²) in [6.45, 7) is 0.461. The lowest BCUT2D eigenvalue weighted by Gasteiger charge is -2.11. The van der Waals surface area contributed by atoms with E-state index in [1.165, 1.54) is 4.68 Å². The molecule has 3 aromatic heterocycles. The van der Waals surface area contributed by atoms with Crippen LogP contribution in [0.3, 0.4) is 0 Å². The molecular weight excluding hydrogens is 342 g/mol. The minimum atomic E-state index is -0.328. The van der Waals surface area contributed by atoms with E-state index < -0.39 is 0 Å². The largest absolute Gasteiger partial charge is 0.472 e. The molecule has 1 aliphatic heterocycles. The molecule has 0 saturated carbocycles. The molecule has 0 aliphatic carbocycles. The van der Waals surface area contributed by atoms with E-state index in [1.54, 1.807) is 23.1 Å². The molecule has 1 N–H and O–H groups in total. The second-order valence-corrected chi connectivity index (χ2v) is 6.39. The highest BCUT2D eigenvalue weighted by molar-refractivity contribution is 5.78. The molecule has 7 heteroatoms. The molecule has 27 heavy (non-hydrogen) atoms. The van der Waals surface area contributed by atoms with Gasteiger partial charge in [0.2, 0.25) is 0 Å². The maximum absolute atomic E-state index is 12.7. The molecule has 4 heterocycles. The number of nitrogens with one attached hydrogen (secondary N) is 1. The third-order valence-corrected chi connectivity index (χ3v) is 4.69. The Morgan fingerprint density at radius 1 is 1.11 bits per heavy atom. The Morgan fingerprint density at radius 2 is 2.04 bits per heavy atom. The van der Waals surface area contributed by atoms with Gasteiger partial charge in [0.05, 0.1) is 17.6 Å². The van der Waals surface area contributed by atoms with Crippen molar-refractivity contribution in [2.45, 2.75) is 19.2 Å². The molecule has 0 saturated heterocycles. The van der Waals surface area contributed by atoms with E-state index in [2.05, 4.69) is 21.5 Å². The number of hydrogen-bond donors (Lipinski definition) is 1. The van der Waals surface area contributed by atoms with Gasteiger partial charge in [-0.3, -0.25) is 4.98 Å². The molecule has 0 radical (unpaired) electrons. The zero-order chi connectivity index (χ0) is 18.2. The van der Waals surface area contributed by atoms with Crippen LogP contribution in [0.5, 0.6) is 0 Å². The van der Waals surface area contributed by atoms with Crippen LogP contribution >= 0.6 is 0 Å². The molecule has 0 spiro atoms. The Hall–Kier alpha value is -3.61. The number of pyridine rings is 2. The molecule has 4 aromatic rings. The van der Waals surface area contributed by atoms with Gasteiger partial charge in [0.15, 0.2) is 11.9 Å². The fraction of sp³-hybridized carbons (Fsp3) is 0.150. The zero-order valence-electron chi connectivity index (χ0n) is 14.4. The summed E-state index contributed by atoms with van der Waals surface area (Å²) in [4.78, 5) is 17.4. The summed E-state index contributed by atoms with van der Waals surface area (Å²) in [7, 11) is 0. The summed E-state index contributed by atoms with van der Waals surface area (Å²) in [5.41, 5.74) is 3.13. The minimum absolute atomic E-state index is 0.168. The maximum atomic E-state index is 12.7. The lowest BCUT2D eigenvalue weighted by atomic mass is 10.2. The number of ether oxygens (including phenoxy) is 1. The molecule has 0 amide bonds. The van der Waals surface area contributed by atoms with Gasteiger partial charge < -0.3 is 10.1 Å². The van der Waals surface area contributed by atoms with Gasteiger partial charge in [0.25, 0.3) is 0 Å². The first-order valence-corrected chi connectivity index (χ1v) is 8.79. The second kappa shape index (κ2) is 6.28. The summed E-state index contributed by atoms with van der Waals surface area (Å²) in [5.74, 6) is 0. The number of benzene rings is 1. The topological polar surface area (TPSA) is 73.5 Å². The van der Waals surface area contributed by atoms with Crippen LogP contribution in [-0.4, -0.2) is 19.2 Å². The van der Waals surface area contributed by atoms with E-state index in [9.17, 15) is 4.79 Å². The summed E-state index contributed by atoms with van der Waals surface area (Å²) >= 11 is 0. The summed E-state index contributed by atoms with van der Waals surface area (Å²) in [6, 6.07) is 15.8. The quantitative estimate of drug-likeness (QED) is 0.606. The van der Waals surface area contributed by atoms with Crippen LogP contribution in [0.4, 0.5) is 0 Å². The number of aryl methyl sites for hydroxylation is 2. The van der Waals surface area contributed by atoms with Crippen LogP contribution in [-0.2, 0) is 17.7 Å². The SMILES string of the molecule is O=c1n(CCc2ccc3ccccc3n2)nc2c(C3NC=CO3)cccn12. The van der Waals surface area contributed by atoms with Gasteiger partial charge >= 0.3 is 5.69 Å². The first-order chi connectivity index (χ1) is 13.3. The normalized spacial score (nSPS) is 15.9. The van der Waals surface area contributed by atoms with Crippen molar-refractivity contribution < 1.29 is 4.74 Å². The molecular formula is C20H17N5O2. The molecule has 7 nitrogen and oxygen atoms in total. The van der Waals surface area contributed by atoms with Gasteiger partial charge in [-0.15, -0.1) is 5.10 Å². The van der Waals surface area contributed by atoms with Crippen molar-refractivity contribution in [2.75, 3.05) is 0 Å². The van der Waals surface area contributed by atoms with Gasteiger partial charge in [-0.2, -0.15) is 0 Å². The van der Waals surface area contributed by atoms with Crippen molar-refractivity contribution in [3.63, 3.8) is 0 Å². The summed E-state index contributed by atoms with van der Waals surface area (Å²) in [5, 5.41) is 8.72. The Bertz CT molecular complexity index is 1220. The Kier molecular flexibility index (Phi) is 3.64. The minimum Gasteiger partial charge on any atom is -0.472 e. The number of para-hydroxylation sites is 1. The highest BCUT2D eigenvalue weighted by Gasteiger charge is 2.20. The number of aromatic nitrogens is 4. The average Bonchev–Trinajstić information content (AvgIpc) is 3.35. The smallest absolute Gasteiger partial charge is 0.350 e. The van der Waals surface area contributed by atoms with Crippen LogP contribution in [0.2, 0.25) is 0 Å². The Labute approximate surface area is 154 Å². The van der Waals surface area contributed by atoms with Crippen molar-refractivity contribution in [2.24, 2.45) is 0 Å². The van der Waals surface area contributed by atoms with Gasteiger partial charge in [-0.25, -0.2) is 13.9 Å². The van der Waals surface area contributed by atoms with Crippen LogP contribution < -0.4 is 11.0 Å². The first-order valence-electron chi connectivity index (χ1n) is 8.79. The lowest BCUT2D eigenvalue weighted by molar-refractivity contribution is 0.155. The molecule has 0 fully saturated rings. The Morgan fingerprint density at radius 3 is 2.93 bits per heavy atom. The number of hydrogen-bond acceptors (Lipinski definition) is 5. The predicted octanol–water partition coefficient (Wildman–Crippen LogP) is 2.38. The van der Waals surface area contributed by atoms with Crippen molar-refractivity contribution in [3.8, 4) is 0 Å². The van der Waals surface area contributed by atoms with E-state index in [-0.39, 0.29) is 11.9 Å². The van der Waals surface area contributed by atoms with Crippen LogP contribution in [0.1, 0.15) is 17.5 Å². The standard InChI is InChI=1S/C20H17N5O2/c26-20-24-11-3-5-16(19-21-10-13-27-19)18(24)23-25(20)12-9-15-8-7-14-4-1-2-6-17(14)22-15/h1-8,10-11,13,19,21H,9,12H2. The van der Waals surface area contributed by atoms with Gasteiger partial charge in [-0.1, -0.05) is 24.3 Å². The van der Waals surface area contributed by atoms with Crippen molar-refractivity contribution in [1.82, 2.24) is 24.5 Å². The van der Waals surface area contributed by atoms with E-state index in [1.807, 2.05) is 42.5 Å². The van der Waals surface area contributed by atoms with Crippen LogP contribution in [0, 0.1) is 0 Å². The summed E-state index contributed by atoms with van der Waals surface area (Å²) in [6.07, 6.45) is 5.35. The third-order valence-electron chi connectivity index (χ3n) is 4.69. The first kappa shape index (κ1) is 15.6. The summed E-state index contributed by atoms with van der Waals surface area (Å²) < 4.78 is 8.53. The number of nitrogens with zero attached hydrogens (tertiary/aromatic N) is 4. The monoisotopic (exact) mass is 359 g/mol. The third kappa shape index (κ3) is 2.73. The molecule has 5 rings (SSSR count). The van der Waals surface area contributed by atoms with Gasteiger partial charge in [0.1, 0.15) is 6.26 Å². The van der Waals surface area contributed by atoms with Crippen LogP contribution in [0.25, 0.3) is 16.6 Å². The molecule has 1 atom stereocenters. The average molecular weight is 359 g/mol. The second-order valence-electron chi connectivity index (χ2n) is 6.39. The van der Waals surface area contributed by atoms with E-state index in [4.69, 9.17) is 4.74 Å². The van der Waals surface area contributed by atoms with Crippen LogP contribution in [0.15, 0.2) is 72.0 Å².